The van der Waals surface area contributed by atoms with E-state index in [2.05, 4.69) is 10.3 Å². The van der Waals surface area contributed by atoms with Gasteiger partial charge in [-0.15, -0.1) is 0 Å². The normalized spacial score (nSPS) is 10.0. The van der Waals surface area contributed by atoms with Gasteiger partial charge in [-0.25, -0.2) is 9.78 Å². The number of nitrogens with zero attached hydrogens (tertiary/aromatic N) is 2. The third-order valence-electron chi connectivity index (χ3n) is 3.12. The fourth-order valence-corrected chi connectivity index (χ4v) is 1.89. The van der Waals surface area contributed by atoms with Crippen LogP contribution in [0.5, 0.6) is 5.75 Å². The summed E-state index contributed by atoms with van der Waals surface area (Å²) in [6.45, 7) is 0.770. The molecule has 0 bridgehead atoms. The van der Waals surface area contributed by atoms with Gasteiger partial charge in [0.15, 0.2) is 0 Å². The van der Waals surface area contributed by atoms with Crippen LogP contribution in [0.4, 0.5) is 11.5 Å². The second kappa shape index (κ2) is 8.47. The van der Waals surface area contributed by atoms with Crippen LogP contribution in [0.1, 0.15) is 16.8 Å². The molecule has 0 fully saturated rings. The van der Waals surface area contributed by atoms with Gasteiger partial charge in [-0.3, -0.25) is 10.1 Å². The average Bonchev–Trinajstić information content (AvgIpc) is 2.61. The number of methoxy groups -OCH3 is 1. The van der Waals surface area contributed by atoms with Crippen molar-refractivity contribution in [3.05, 3.63) is 58.3 Å². The van der Waals surface area contributed by atoms with Gasteiger partial charge in [-0.1, -0.05) is 6.07 Å². The average molecular weight is 331 g/mol. The Hall–Kier alpha value is -3.16. The maximum absolute atomic E-state index is 11.9. The molecule has 0 saturated carbocycles. The highest BCUT2D eigenvalue weighted by atomic mass is 16.6. The van der Waals surface area contributed by atoms with Gasteiger partial charge < -0.3 is 14.8 Å². The molecule has 1 heterocycles. The molecular weight excluding hydrogens is 314 g/mol. The molecule has 1 N–H and O–H groups in total. The van der Waals surface area contributed by atoms with Crippen LogP contribution in [-0.4, -0.2) is 36.1 Å². The zero-order chi connectivity index (χ0) is 17.4. The first-order chi connectivity index (χ1) is 11.6. The molecule has 0 atom stereocenters. The van der Waals surface area contributed by atoms with Gasteiger partial charge >= 0.3 is 5.97 Å². The van der Waals surface area contributed by atoms with Crippen molar-refractivity contribution in [2.45, 2.75) is 6.42 Å². The minimum atomic E-state index is -0.505. The van der Waals surface area contributed by atoms with E-state index >= 15 is 0 Å². The van der Waals surface area contributed by atoms with E-state index in [1.54, 1.807) is 24.3 Å². The summed E-state index contributed by atoms with van der Waals surface area (Å²) in [6.07, 6.45) is 1.76. The molecule has 8 nitrogen and oxygen atoms in total. The van der Waals surface area contributed by atoms with Gasteiger partial charge in [0.1, 0.15) is 17.8 Å². The Bertz CT molecular complexity index is 703. The number of ether oxygens (including phenoxy) is 2. The largest absolute Gasteiger partial charge is 0.497 e. The first-order valence-corrected chi connectivity index (χ1v) is 7.25. The summed E-state index contributed by atoms with van der Waals surface area (Å²) in [5, 5.41) is 13.5. The number of esters is 1. The Morgan fingerprint density at radius 3 is 2.83 bits per heavy atom. The Balaban J connectivity index is 1.70. The molecule has 0 aliphatic carbocycles. The summed E-state index contributed by atoms with van der Waals surface area (Å²) in [6, 6.07) is 9.64. The van der Waals surface area contributed by atoms with E-state index in [-0.39, 0.29) is 12.3 Å². The van der Waals surface area contributed by atoms with Crippen molar-refractivity contribution < 1.29 is 19.2 Å². The number of hydrogen-bond acceptors (Lipinski definition) is 7. The minimum absolute atomic E-state index is 0.0623. The molecule has 0 saturated heterocycles. The van der Waals surface area contributed by atoms with Crippen LogP contribution in [0, 0.1) is 10.1 Å². The summed E-state index contributed by atoms with van der Waals surface area (Å²) >= 11 is 0. The molecule has 2 rings (SSSR count). The highest BCUT2D eigenvalue weighted by Crippen LogP contribution is 2.14. The summed E-state index contributed by atoms with van der Waals surface area (Å²) in [7, 11) is 1.53. The number of nitro groups is 1. The second-order valence-electron chi connectivity index (χ2n) is 4.81. The van der Waals surface area contributed by atoms with E-state index in [1.807, 2.05) is 0 Å². The summed E-state index contributed by atoms with van der Waals surface area (Å²) in [5.74, 6) is 0.706. The lowest BCUT2D eigenvalue weighted by atomic mass is 10.2. The van der Waals surface area contributed by atoms with Crippen molar-refractivity contribution in [3.8, 4) is 5.75 Å². The molecule has 0 aliphatic heterocycles. The smallest absolute Gasteiger partial charge is 0.338 e. The number of anilines is 1. The van der Waals surface area contributed by atoms with Crippen molar-refractivity contribution in [1.29, 1.82) is 0 Å². The van der Waals surface area contributed by atoms with E-state index in [0.717, 1.165) is 0 Å². The lowest BCUT2D eigenvalue weighted by Gasteiger charge is -2.07. The molecule has 2 aromatic rings. The predicted octanol–water partition coefficient (Wildman–Crippen LogP) is 2.66. The predicted molar refractivity (Wildman–Crippen MR) is 87.3 cm³/mol. The first kappa shape index (κ1) is 17.2. The van der Waals surface area contributed by atoms with Crippen molar-refractivity contribution in [3.63, 3.8) is 0 Å². The summed E-state index contributed by atoms with van der Waals surface area (Å²) in [5.41, 5.74) is 0.368. The van der Waals surface area contributed by atoms with Crippen LogP contribution in [0.3, 0.4) is 0 Å². The Kier molecular flexibility index (Phi) is 6.07. The molecule has 0 radical (unpaired) electrons. The highest BCUT2D eigenvalue weighted by Gasteiger charge is 2.08. The van der Waals surface area contributed by atoms with Crippen LogP contribution >= 0.6 is 0 Å². The minimum Gasteiger partial charge on any atom is -0.497 e. The maximum Gasteiger partial charge on any atom is 0.338 e. The second-order valence-corrected chi connectivity index (χ2v) is 4.81. The van der Waals surface area contributed by atoms with Gasteiger partial charge in [-0.2, -0.15) is 0 Å². The quantitative estimate of drug-likeness (QED) is 0.343. The van der Waals surface area contributed by atoms with Crippen LogP contribution in [0.2, 0.25) is 0 Å². The fraction of sp³-hybridized carbons (Fsp3) is 0.250. The zero-order valence-electron chi connectivity index (χ0n) is 13.1. The van der Waals surface area contributed by atoms with Crippen LogP contribution < -0.4 is 10.1 Å². The topological polar surface area (TPSA) is 104 Å². The fourth-order valence-electron chi connectivity index (χ4n) is 1.89. The van der Waals surface area contributed by atoms with Gasteiger partial charge in [0.25, 0.3) is 5.69 Å². The zero-order valence-corrected chi connectivity index (χ0v) is 13.1. The van der Waals surface area contributed by atoms with Crippen LogP contribution in [-0.2, 0) is 4.74 Å². The Labute approximate surface area is 138 Å². The number of hydrogen-bond donors (Lipinski definition) is 1. The van der Waals surface area contributed by atoms with Crippen LogP contribution in [0.15, 0.2) is 42.6 Å². The molecule has 0 aliphatic rings. The van der Waals surface area contributed by atoms with E-state index in [0.29, 0.717) is 30.1 Å². The molecule has 1 aromatic carbocycles. The van der Waals surface area contributed by atoms with Crippen molar-refractivity contribution in [2.24, 2.45) is 0 Å². The molecule has 0 spiro atoms. The standard InChI is InChI=1S/C16H17N3O5/c1-23-14-5-2-4-12(10-14)16(20)24-9-3-8-17-15-7-6-13(11-18-15)19(21)22/h2,4-7,10-11H,3,8-9H2,1H3,(H,17,18). The molecule has 24 heavy (non-hydrogen) atoms. The monoisotopic (exact) mass is 331 g/mol. The number of benzene rings is 1. The molecule has 8 heteroatoms. The van der Waals surface area contributed by atoms with E-state index in [1.165, 1.54) is 25.4 Å². The lowest BCUT2D eigenvalue weighted by molar-refractivity contribution is -0.385. The van der Waals surface area contributed by atoms with E-state index < -0.39 is 10.9 Å². The summed E-state index contributed by atoms with van der Waals surface area (Å²) < 4.78 is 10.2. The molecule has 0 unspecified atom stereocenters. The number of nitrogens with one attached hydrogen (secondary N) is 1. The highest BCUT2D eigenvalue weighted by molar-refractivity contribution is 5.89. The van der Waals surface area contributed by atoms with Gasteiger partial charge in [0.2, 0.25) is 0 Å². The third-order valence-corrected chi connectivity index (χ3v) is 3.12. The number of carbonyl (C=O) groups excluding carboxylic acids is 1. The van der Waals surface area contributed by atoms with Crippen molar-refractivity contribution >= 4 is 17.5 Å². The third kappa shape index (κ3) is 4.94. The Morgan fingerprint density at radius 2 is 2.17 bits per heavy atom. The van der Waals surface area contributed by atoms with Gasteiger partial charge in [0, 0.05) is 12.6 Å². The SMILES string of the molecule is COc1cccc(C(=O)OCCCNc2ccc([N+](=O)[O-])cn2)c1. The van der Waals surface area contributed by atoms with E-state index in [4.69, 9.17) is 9.47 Å². The lowest BCUT2D eigenvalue weighted by Crippen LogP contribution is -2.11. The molecular formula is C16H17N3O5. The van der Waals surface area contributed by atoms with E-state index in [9.17, 15) is 14.9 Å². The molecule has 126 valence electrons. The Morgan fingerprint density at radius 1 is 1.33 bits per heavy atom. The number of pyridine rings is 1. The van der Waals surface area contributed by atoms with Crippen molar-refractivity contribution in [2.75, 3.05) is 25.6 Å². The number of aromatic nitrogens is 1. The van der Waals surface area contributed by atoms with Gasteiger partial charge in [-0.05, 0) is 30.7 Å². The number of carbonyl (C=O) groups is 1. The van der Waals surface area contributed by atoms with Gasteiger partial charge in [0.05, 0.1) is 24.2 Å². The summed E-state index contributed by atoms with van der Waals surface area (Å²) in [4.78, 5) is 25.8. The molecule has 0 amide bonds. The maximum atomic E-state index is 11.9. The first-order valence-electron chi connectivity index (χ1n) is 7.25. The molecule has 1 aromatic heterocycles. The van der Waals surface area contributed by atoms with Crippen molar-refractivity contribution in [1.82, 2.24) is 4.98 Å². The number of rotatable bonds is 8. The van der Waals surface area contributed by atoms with Crippen LogP contribution in [0.25, 0.3) is 0 Å².